The van der Waals surface area contributed by atoms with E-state index in [0.29, 0.717) is 33.7 Å². The third-order valence-corrected chi connectivity index (χ3v) is 6.35. The number of rotatable bonds is 5. The van der Waals surface area contributed by atoms with Gasteiger partial charge in [-0.15, -0.1) is 0 Å². The lowest BCUT2D eigenvalue weighted by Gasteiger charge is -2.30. The summed E-state index contributed by atoms with van der Waals surface area (Å²) in [6.07, 6.45) is 5.64. The van der Waals surface area contributed by atoms with Gasteiger partial charge in [-0.1, -0.05) is 0 Å². The molecule has 0 bridgehead atoms. The summed E-state index contributed by atoms with van der Waals surface area (Å²) < 4.78 is 21.8. The summed E-state index contributed by atoms with van der Waals surface area (Å²) >= 11 is 0. The zero-order valence-electron chi connectivity index (χ0n) is 18.7. The number of amides is 1. The highest BCUT2D eigenvalue weighted by atomic mass is 19.1. The van der Waals surface area contributed by atoms with Crippen LogP contribution in [-0.4, -0.2) is 58.9 Å². The first kappa shape index (κ1) is 20.8. The van der Waals surface area contributed by atoms with Crippen LogP contribution in [0, 0.1) is 5.82 Å². The molecule has 174 valence electrons. The average Bonchev–Trinajstić information content (AvgIpc) is 3.62. The Hall–Kier alpha value is -3.79. The minimum absolute atomic E-state index is 0.180. The van der Waals surface area contributed by atoms with E-state index in [1.807, 2.05) is 16.9 Å². The number of anilines is 2. The van der Waals surface area contributed by atoms with Crippen molar-refractivity contribution in [2.45, 2.75) is 18.9 Å². The molecule has 0 radical (unpaired) electrons. The molecule has 0 atom stereocenters. The van der Waals surface area contributed by atoms with Crippen LogP contribution in [0.3, 0.4) is 0 Å². The highest BCUT2D eigenvalue weighted by Crippen LogP contribution is 2.36. The molecule has 2 fully saturated rings. The topological polar surface area (TPSA) is 97.2 Å². The Bertz CT molecular complexity index is 1410. The molecule has 1 saturated heterocycles. The van der Waals surface area contributed by atoms with Gasteiger partial charge >= 0.3 is 6.01 Å². The molecule has 9 nitrogen and oxygen atoms in total. The number of halogens is 1. The molecule has 0 unspecified atom stereocenters. The van der Waals surface area contributed by atoms with Crippen LogP contribution >= 0.6 is 0 Å². The van der Waals surface area contributed by atoms with E-state index < -0.39 is 5.82 Å². The van der Waals surface area contributed by atoms with Gasteiger partial charge in [-0.3, -0.25) is 9.48 Å². The van der Waals surface area contributed by atoms with Gasteiger partial charge in [0.15, 0.2) is 5.82 Å². The Labute approximate surface area is 194 Å². The first-order valence-electron chi connectivity index (χ1n) is 11.4. The second-order valence-corrected chi connectivity index (χ2v) is 8.68. The SMILES string of the molecule is COc1ncc2c(N3CCNCC3)ccc(C(=O)Nc3cc(F)c4nn(C5CC5)cc4c3)c2n1. The summed E-state index contributed by atoms with van der Waals surface area (Å²) in [4.78, 5) is 24.3. The lowest BCUT2D eigenvalue weighted by Crippen LogP contribution is -2.43. The fourth-order valence-corrected chi connectivity index (χ4v) is 4.46. The van der Waals surface area contributed by atoms with E-state index in [-0.39, 0.29) is 11.9 Å². The largest absolute Gasteiger partial charge is 0.467 e. The van der Waals surface area contributed by atoms with Crippen LogP contribution in [0.4, 0.5) is 15.8 Å². The van der Waals surface area contributed by atoms with Crippen molar-refractivity contribution in [2.75, 3.05) is 43.5 Å². The van der Waals surface area contributed by atoms with Crippen molar-refractivity contribution in [3.8, 4) is 6.01 Å². The van der Waals surface area contributed by atoms with Gasteiger partial charge in [-0.2, -0.15) is 10.1 Å². The Morgan fingerprint density at radius 2 is 2.03 bits per heavy atom. The van der Waals surface area contributed by atoms with Gasteiger partial charge in [-0.05, 0) is 37.1 Å². The van der Waals surface area contributed by atoms with E-state index in [2.05, 4.69) is 30.6 Å². The highest BCUT2D eigenvalue weighted by Gasteiger charge is 2.25. The number of ether oxygens (including phenoxy) is 1. The van der Waals surface area contributed by atoms with E-state index in [9.17, 15) is 9.18 Å². The van der Waals surface area contributed by atoms with Crippen LogP contribution in [0.1, 0.15) is 29.2 Å². The fraction of sp³-hybridized carbons (Fsp3) is 0.333. The van der Waals surface area contributed by atoms with Crippen LogP contribution in [0.5, 0.6) is 6.01 Å². The quantitative estimate of drug-likeness (QED) is 0.471. The number of piperazine rings is 1. The number of nitrogens with one attached hydrogen (secondary N) is 2. The maximum absolute atomic E-state index is 14.7. The van der Waals surface area contributed by atoms with Crippen LogP contribution in [0.2, 0.25) is 0 Å². The summed E-state index contributed by atoms with van der Waals surface area (Å²) in [7, 11) is 1.49. The minimum Gasteiger partial charge on any atom is -0.467 e. The molecule has 6 rings (SSSR count). The summed E-state index contributed by atoms with van der Waals surface area (Å²) in [6.45, 7) is 3.46. The van der Waals surface area contributed by atoms with Crippen LogP contribution < -0.4 is 20.3 Å². The second-order valence-electron chi connectivity index (χ2n) is 8.68. The molecular formula is C24H24FN7O2. The van der Waals surface area contributed by atoms with Crippen molar-refractivity contribution >= 4 is 39.1 Å². The number of aromatic nitrogens is 4. The van der Waals surface area contributed by atoms with Crippen molar-refractivity contribution in [1.82, 2.24) is 25.1 Å². The lowest BCUT2D eigenvalue weighted by molar-refractivity contribution is 0.102. The van der Waals surface area contributed by atoms with Gasteiger partial charge in [0.05, 0.1) is 24.2 Å². The van der Waals surface area contributed by atoms with E-state index in [4.69, 9.17) is 4.74 Å². The van der Waals surface area contributed by atoms with E-state index in [1.54, 1.807) is 18.3 Å². The molecule has 1 aliphatic heterocycles. The Morgan fingerprint density at radius 3 is 2.79 bits per heavy atom. The number of carbonyl (C=O) groups is 1. The van der Waals surface area contributed by atoms with E-state index in [0.717, 1.165) is 50.1 Å². The third kappa shape index (κ3) is 3.69. The molecule has 2 aliphatic rings. The van der Waals surface area contributed by atoms with Gasteiger partial charge in [0, 0.05) is 60.7 Å². The predicted octanol–water partition coefficient (Wildman–Crippen LogP) is 3.12. The highest BCUT2D eigenvalue weighted by molar-refractivity contribution is 6.14. The lowest BCUT2D eigenvalue weighted by atomic mass is 10.1. The molecule has 0 spiro atoms. The van der Waals surface area contributed by atoms with Crippen LogP contribution in [-0.2, 0) is 0 Å². The Kier molecular flexibility index (Phi) is 5.02. The molecule has 1 amide bonds. The van der Waals surface area contributed by atoms with Gasteiger partial charge in [0.2, 0.25) is 0 Å². The number of carbonyl (C=O) groups excluding carboxylic acids is 1. The molecule has 1 saturated carbocycles. The standard InChI is InChI=1S/C24H24FN7O2/c1-34-24-27-12-18-20(31-8-6-26-7-9-31)5-4-17(22(18)29-24)23(33)28-15-10-14-13-32(16-2-3-16)30-21(14)19(25)11-15/h4-5,10-13,16,26H,2-3,6-9H2,1H3,(H,28,33). The van der Waals surface area contributed by atoms with Crippen molar-refractivity contribution in [3.05, 3.63) is 48.0 Å². The molecular weight excluding hydrogens is 437 g/mol. The normalized spacial score (nSPS) is 16.2. The fourth-order valence-electron chi connectivity index (χ4n) is 4.46. The van der Waals surface area contributed by atoms with Crippen molar-refractivity contribution in [3.63, 3.8) is 0 Å². The van der Waals surface area contributed by atoms with E-state index in [1.165, 1.54) is 13.2 Å². The first-order valence-corrected chi connectivity index (χ1v) is 11.4. The first-order chi connectivity index (χ1) is 16.6. The maximum atomic E-state index is 14.7. The zero-order valence-corrected chi connectivity index (χ0v) is 18.7. The molecule has 1 aliphatic carbocycles. The summed E-state index contributed by atoms with van der Waals surface area (Å²) in [6, 6.07) is 7.24. The molecule has 2 aromatic heterocycles. The number of benzene rings is 2. The summed E-state index contributed by atoms with van der Waals surface area (Å²) in [5.41, 5.74) is 2.50. The number of nitrogens with zero attached hydrogens (tertiary/aromatic N) is 5. The second kappa shape index (κ2) is 8.21. The molecule has 4 aromatic rings. The average molecular weight is 462 g/mol. The number of hydrogen-bond acceptors (Lipinski definition) is 7. The molecule has 10 heteroatoms. The molecule has 2 N–H and O–H groups in total. The van der Waals surface area contributed by atoms with Crippen molar-refractivity contribution in [1.29, 1.82) is 0 Å². The van der Waals surface area contributed by atoms with Gasteiger partial charge in [0.25, 0.3) is 5.91 Å². The predicted molar refractivity (Wildman–Crippen MR) is 127 cm³/mol. The summed E-state index contributed by atoms with van der Waals surface area (Å²) in [5, 5.41) is 12.0. The van der Waals surface area contributed by atoms with Gasteiger partial charge < -0.3 is 20.3 Å². The van der Waals surface area contributed by atoms with Crippen molar-refractivity contribution < 1.29 is 13.9 Å². The van der Waals surface area contributed by atoms with Crippen molar-refractivity contribution in [2.24, 2.45) is 0 Å². The third-order valence-electron chi connectivity index (χ3n) is 6.35. The number of hydrogen-bond donors (Lipinski definition) is 2. The van der Waals surface area contributed by atoms with Crippen LogP contribution in [0.25, 0.3) is 21.8 Å². The molecule has 3 heterocycles. The van der Waals surface area contributed by atoms with Crippen LogP contribution in [0.15, 0.2) is 36.7 Å². The molecule has 2 aromatic carbocycles. The van der Waals surface area contributed by atoms with Gasteiger partial charge in [0.1, 0.15) is 5.52 Å². The zero-order chi connectivity index (χ0) is 23.2. The molecule has 34 heavy (non-hydrogen) atoms. The Balaban J connectivity index is 1.36. The monoisotopic (exact) mass is 461 g/mol. The minimum atomic E-state index is -0.463. The van der Waals surface area contributed by atoms with E-state index >= 15 is 0 Å². The number of methoxy groups -OCH3 is 1. The maximum Gasteiger partial charge on any atom is 0.316 e. The summed E-state index contributed by atoms with van der Waals surface area (Å²) in [5.74, 6) is -0.846. The smallest absolute Gasteiger partial charge is 0.316 e. The Morgan fingerprint density at radius 1 is 1.21 bits per heavy atom. The van der Waals surface area contributed by atoms with Gasteiger partial charge in [-0.25, -0.2) is 9.37 Å². The number of fused-ring (bicyclic) bond motifs is 2.